The van der Waals surface area contributed by atoms with E-state index < -0.39 is 0 Å². The van der Waals surface area contributed by atoms with Gasteiger partial charge in [-0.2, -0.15) is 0 Å². The molecule has 0 spiro atoms. The van der Waals surface area contributed by atoms with E-state index in [4.69, 9.17) is 4.74 Å². The van der Waals surface area contributed by atoms with Gasteiger partial charge in [0, 0.05) is 7.11 Å². The molecule has 0 radical (unpaired) electrons. The molecule has 2 unspecified atom stereocenters. The number of hydrogen-bond donors (Lipinski definition) is 0. The molecular formula is C13H18O. The molecule has 0 heterocycles. The number of rotatable bonds is 3. The van der Waals surface area contributed by atoms with E-state index in [9.17, 15) is 0 Å². The van der Waals surface area contributed by atoms with Crippen LogP contribution in [0, 0.1) is 11.8 Å². The van der Waals surface area contributed by atoms with Crippen molar-refractivity contribution in [2.75, 3.05) is 13.7 Å². The van der Waals surface area contributed by atoms with Crippen LogP contribution in [0.5, 0.6) is 0 Å². The van der Waals surface area contributed by atoms with Crippen LogP contribution in [0.15, 0.2) is 36.0 Å². The SMILES string of the molecule is COCC=CC1=CC=CCCC2CC12. The summed E-state index contributed by atoms with van der Waals surface area (Å²) in [6, 6.07) is 0. The Kier molecular flexibility index (Phi) is 3.20. The fourth-order valence-electron chi connectivity index (χ4n) is 2.14. The van der Waals surface area contributed by atoms with Crippen molar-refractivity contribution in [1.29, 1.82) is 0 Å². The van der Waals surface area contributed by atoms with Crippen molar-refractivity contribution in [2.45, 2.75) is 19.3 Å². The maximum Gasteiger partial charge on any atom is 0.0646 e. The molecule has 1 heteroatoms. The van der Waals surface area contributed by atoms with Crippen molar-refractivity contribution < 1.29 is 4.74 Å². The fraction of sp³-hybridized carbons (Fsp3) is 0.538. The lowest BCUT2D eigenvalue weighted by atomic mass is 10.0. The quantitative estimate of drug-likeness (QED) is 0.664. The average molecular weight is 190 g/mol. The van der Waals surface area contributed by atoms with Gasteiger partial charge in [0.25, 0.3) is 0 Å². The highest BCUT2D eigenvalue weighted by Crippen LogP contribution is 2.48. The molecule has 76 valence electrons. The molecule has 0 bridgehead atoms. The molecule has 0 aromatic carbocycles. The lowest BCUT2D eigenvalue weighted by Gasteiger charge is -2.03. The van der Waals surface area contributed by atoms with Crippen LogP contribution in [0.2, 0.25) is 0 Å². The van der Waals surface area contributed by atoms with Crippen LogP contribution in [-0.4, -0.2) is 13.7 Å². The third-order valence-electron chi connectivity index (χ3n) is 3.05. The van der Waals surface area contributed by atoms with Gasteiger partial charge in [-0.3, -0.25) is 0 Å². The maximum atomic E-state index is 5.01. The summed E-state index contributed by atoms with van der Waals surface area (Å²) in [5.74, 6) is 1.80. The highest BCUT2D eigenvalue weighted by atomic mass is 16.5. The van der Waals surface area contributed by atoms with Crippen LogP contribution in [0.4, 0.5) is 0 Å². The minimum absolute atomic E-state index is 0.721. The summed E-state index contributed by atoms with van der Waals surface area (Å²) in [5, 5.41) is 0. The van der Waals surface area contributed by atoms with E-state index in [1.807, 2.05) is 0 Å². The van der Waals surface area contributed by atoms with Crippen molar-refractivity contribution in [1.82, 2.24) is 0 Å². The van der Waals surface area contributed by atoms with E-state index in [1.165, 1.54) is 24.8 Å². The molecule has 14 heavy (non-hydrogen) atoms. The molecule has 1 fully saturated rings. The molecule has 0 aromatic heterocycles. The molecule has 0 amide bonds. The first-order chi connectivity index (χ1) is 6.92. The van der Waals surface area contributed by atoms with E-state index in [0.717, 1.165) is 18.4 Å². The summed E-state index contributed by atoms with van der Waals surface area (Å²) < 4.78 is 5.01. The Morgan fingerprint density at radius 1 is 1.57 bits per heavy atom. The van der Waals surface area contributed by atoms with Crippen LogP contribution >= 0.6 is 0 Å². The molecular weight excluding hydrogens is 172 g/mol. The van der Waals surface area contributed by atoms with E-state index in [-0.39, 0.29) is 0 Å². The first kappa shape index (κ1) is 9.72. The predicted octanol–water partition coefficient (Wildman–Crippen LogP) is 3.10. The normalized spacial score (nSPS) is 30.8. The third kappa shape index (κ3) is 2.36. The van der Waals surface area contributed by atoms with Gasteiger partial charge in [0.15, 0.2) is 0 Å². The Labute approximate surface area is 86.2 Å². The first-order valence-corrected chi connectivity index (χ1v) is 5.44. The van der Waals surface area contributed by atoms with Crippen molar-refractivity contribution >= 4 is 0 Å². The summed E-state index contributed by atoms with van der Waals surface area (Å²) in [7, 11) is 1.73. The van der Waals surface area contributed by atoms with Gasteiger partial charge in [-0.05, 0) is 36.7 Å². The van der Waals surface area contributed by atoms with Crippen molar-refractivity contribution in [3.05, 3.63) is 36.0 Å². The molecule has 2 aliphatic carbocycles. The highest BCUT2D eigenvalue weighted by Gasteiger charge is 2.37. The van der Waals surface area contributed by atoms with Crippen LogP contribution in [-0.2, 0) is 4.74 Å². The van der Waals surface area contributed by atoms with Gasteiger partial charge in [-0.25, -0.2) is 0 Å². The Morgan fingerprint density at radius 2 is 2.50 bits per heavy atom. The first-order valence-electron chi connectivity index (χ1n) is 5.44. The molecule has 2 rings (SSSR count). The second-order valence-electron chi connectivity index (χ2n) is 4.13. The minimum Gasteiger partial charge on any atom is -0.381 e. The molecule has 0 aliphatic heterocycles. The van der Waals surface area contributed by atoms with Crippen LogP contribution in [0.1, 0.15) is 19.3 Å². The monoisotopic (exact) mass is 190 g/mol. The van der Waals surface area contributed by atoms with Crippen molar-refractivity contribution in [3.8, 4) is 0 Å². The van der Waals surface area contributed by atoms with Gasteiger partial charge < -0.3 is 4.74 Å². The molecule has 1 nitrogen and oxygen atoms in total. The average Bonchev–Trinajstić information content (AvgIpc) is 2.90. The number of ether oxygens (including phenoxy) is 1. The van der Waals surface area contributed by atoms with E-state index >= 15 is 0 Å². The summed E-state index contributed by atoms with van der Waals surface area (Å²) >= 11 is 0. The number of methoxy groups -OCH3 is 1. The Balaban J connectivity index is 1.99. The van der Waals surface area contributed by atoms with Gasteiger partial charge in [0.2, 0.25) is 0 Å². The summed E-state index contributed by atoms with van der Waals surface area (Å²) in [6.07, 6.45) is 15.1. The topological polar surface area (TPSA) is 9.23 Å². The van der Waals surface area contributed by atoms with E-state index in [1.54, 1.807) is 7.11 Å². The van der Waals surface area contributed by atoms with E-state index in [0.29, 0.717) is 0 Å². The molecule has 0 aromatic rings. The predicted molar refractivity (Wildman–Crippen MR) is 59.1 cm³/mol. The van der Waals surface area contributed by atoms with E-state index in [2.05, 4.69) is 30.4 Å². The number of hydrogen-bond acceptors (Lipinski definition) is 1. The summed E-state index contributed by atoms with van der Waals surface area (Å²) in [4.78, 5) is 0. The summed E-state index contributed by atoms with van der Waals surface area (Å²) in [6.45, 7) is 0.721. The van der Waals surface area contributed by atoms with Gasteiger partial charge in [-0.1, -0.05) is 30.4 Å². The zero-order chi connectivity index (χ0) is 9.80. The van der Waals surface area contributed by atoms with Crippen LogP contribution in [0.25, 0.3) is 0 Å². The molecule has 0 N–H and O–H groups in total. The van der Waals surface area contributed by atoms with Gasteiger partial charge in [0.1, 0.15) is 0 Å². The second-order valence-corrected chi connectivity index (χ2v) is 4.13. The Hall–Kier alpha value is -0.820. The van der Waals surface area contributed by atoms with Gasteiger partial charge in [-0.15, -0.1) is 0 Å². The molecule has 0 saturated heterocycles. The Bertz CT molecular complexity index is 273. The van der Waals surface area contributed by atoms with Crippen LogP contribution in [0.3, 0.4) is 0 Å². The van der Waals surface area contributed by atoms with Gasteiger partial charge in [0.05, 0.1) is 6.61 Å². The minimum atomic E-state index is 0.721. The lowest BCUT2D eigenvalue weighted by molar-refractivity contribution is 0.234. The zero-order valence-electron chi connectivity index (χ0n) is 8.78. The fourth-order valence-corrected chi connectivity index (χ4v) is 2.14. The zero-order valence-corrected chi connectivity index (χ0v) is 8.78. The van der Waals surface area contributed by atoms with Crippen molar-refractivity contribution in [3.63, 3.8) is 0 Å². The molecule has 2 atom stereocenters. The number of allylic oxidation sites excluding steroid dienone is 5. The maximum absolute atomic E-state index is 5.01. The molecule has 1 saturated carbocycles. The molecule has 2 aliphatic rings. The largest absolute Gasteiger partial charge is 0.381 e. The van der Waals surface area contributed by atoms with Crippen LogP contribution < -0.4 is 0 Å². The Morgan fingerprint density at radius 3 is 3.36 bits per heavy atom. The second kappa shape index (κ2) is 4.61. The highest BCUT2D eigenvalue weighted by molar-refractivity contribution is 5.31. The third-order valence-corrected chi connectivity index (χ3v) is 3.05. The standard InChI is InChI=1S/C13H18O/c1-14-9-5-8-11-6-3-2-4-7-12-10-13(11)12/h2-3,5-6,8,12-13H,4,7,9-10H2,1H3. The number of fused-ring (bicyclic) bond motifs is 1. The summed E-state index contributed by atoms with van der Waals surface area (Å²) in [5.41, 5.74) is 1.49. The van der Waals surface area contributed by atoms with Crippen molar-refractivity contribution in [2.24, 2.45) is 11.8 Å². The van der Waals surface area contributed by atoms with Gasteiger partial charge >= 0.3 is 0 Å². The smallest absolute Gasteiger partial charge is 0.0646 e. The lowest BCUT2D eigenvalue weighted by Crippen LogP contribution is -1.90.